The Morgan fingerprint density at radius 1 is 1.31 bits per heavy atom. The van der Waals surface area contributed by atoms with Crippen LogP contribution in [0, 0.1) is 17.8 Å². The molecule has 0 spiro atoms. The fraction of sp³-hybridized carbons (Fsp3) is 0.818. The van der Waals surface area contributed by atoms with E-state index in [1.54, 1.807) is 0 Å². The molecule has 0 aromatic heterocycles. The van der Waals surface area contributed by atoms with Crippen LogP contribution in [0.25, 0.3) is 0 Å². The van der Waals surface area contributed by atoms with Crippen molar-refractivity contribution >= 4 is 0 Å². The van der Waals surface area contributed by atoms with E-state index >= 15 is 0 Å². The molecule has 4 atom stereocenters. The molecule has 4 unspecified atom stereocenters. The van der Waals surface area contributed by atoms with Gasteiger partial charge in [-0.25, -0.2) is 0 Å². The molecule has 92 valence electrons. The first-order valence-corrected chi connectivity index (χ1v) is 5.47. The van der Waals surface area contributed by atoms with Crippen LogP contribution in [0.15, 0.2) is 12.2 Å². The summed E-state index contributed by atoms with van der Waals surface area (Å²) in [7, 11) is 0. The van der Waals surface area contributed by atoms with Gasteiger partial charge >= 0.3 is 6.18 Å². The Bertz CT molecular complexity index is 275. The number of hydrogen-bond donors (Lipinski definition) is 1. The first kappa shape index (κ1) is 11.9. The van der Waals surface area contributed by atoms with E-state index in [1.807, 2.05) is 0 Å². The predicted octanol–water partition coefficient (Wildman–Crippen LogP) is 2.14. The molecule has 0 amide bonds. The first-order chi connectivity index (χ1) is 7.47. The number of aliphatic hydroxyl groups is 1. The zero-order chi connectivity index (χ0) is 11.8. The lowest BCUT2D eigenvalue weighted by Crippen LogP contribution is -2.33. The van der Waals surface area contributed by atoms with E-state index in [0.29, 0.717) is 24.4 Å². The predicted molar refractivity (Wildman–Crippen MR) is 51.7 cm³/mol. The van der Waals surface area contributed by atoms with Gasteiger partial charge in [-0.15, -0.1) is 0 Å². The van der Waals surface area contributed by atoms with Gasteiger partial charge in [0.1, 0.15) is 0 Å². The highest BCUT2D eigenvalue weighted by atomic mass is 19.4. The van der Waals surface area contributed by atoms with Crippen molar-refractivity contribution in [2.75, 3.05) is 13.2 Å². The Kier molecular flexibility index (Phi) is 3.26. The number of allylic oxidation sites excluding steroid dienone is 2. The molecular formula is C11H15F3O2. The minimum Gasteiger partial charge on any atom is -0.382 e. The number of aliphatic hydroxyl groups excluding tert-OH is 1. The van der Waals surface area contributed by atoms with Gasteiger partial charge in [0, 0.05) is 0 Å². The Labute approximate surface area is 92.1 Å². The third kappa shape index (κ3) is 2.58. The molecule has 0 aromatic rings. The Hall–Kier alpha value is -0.550. The molecule has 2 bridgehead atoms. The fourth-order valence-corrected chi connectivity index (χ4v) is 2.51. The summed E-state index contributed by atoms with van der Waals surface area (Å²) in [6.45, 7) is -0.334. The van der Waals surface area contributed by atoms with Gasteiger partial charge in [-0.05, 0) is 30.6 Å². The van der Waals surface area contributed by atoms with Gasteiger partial charge in [0.25, 0.3) is 0 Å². The van der Waals surface area contributed by atoms with E-state index in [1.165, 1.54) is 0 Å². The highest BCUT2D eigenvalue weighted by molar-refractivity contribution is 5.09. The molecule has 16 heavy (non-hydrogen) atoms. The smallest absolute Gasteiger partial charge is 0.382 e. The maximum atomic E-state index is 12.0. The van der Waals surface area contributed by atoms with E-state index in [0.717, 1.165) is 12.8 Å². The molecule has 2 aliphatic rings. The molecule has 0 saturated heterocycles. The van der Waals surface area contributed by atoms with Crippen molar-refractivity contribution in [3.05, 3.63) is 12.2 Å². The van der Waals surface area contributed by atoms with Gasteiger partial charge < -0.3 is 9.84 Å². The average molecular weight is 236 g/mol. The van der Waals surface area contributed by atoms with Crippen LogP contribution in [0.1, 0.15) is 12.8 Å². The van der Waals surface area contributed by atoms with Crippen molar-refractivity contribution in [1.29, 1.82) is 0 Å². The fourth-order valence-electron chi connectivity index (χ4n) is 2.51. The van der Waals surface area contributed by atoms with Gasteiger partial charge in [-0.2, -0.15) is 13.2 Å². The van der Waals surface area contributed by atoms with Crippen LogP contribution in [0.4, 0.5) is 13.2 Å². The standard InChI is InChI=1S/C11H15F3O2/c12-11(13,14)10(15)6-16-5-9-4-7-1-2-8(9)3-7/h1-2,7-10,15H,3-6H2. The van der Waals surface area contributed by atoms with Gasteiger partial charge in [-0.1, -0.05) is 12.2 Å². The van der Waals surface area contributed by atoms with E-state index in [2.05, 4.69) is 12.2 Å². The maximum absolute atomic E-state index is 12.0. The Balaban J connectivity index is 1.67. The van der Waals surface area contributed by atoms with Crippen molar-refractivity contribution < 1.29 is 23.0 Å². The molecule has 0 aliphatic heterocycles. The second-order valence-electron chi connectivity index (χ2n) is 4.64. The molecule has 5 heteroatoms. The van der Waals surface area contributed by atoms with Gasteiger partial charge in [0.15, 0.2) is 6.10 Å². The molecule has 0 aromatic carbocycles. The van der Waals surface area contributed by atoms with Crippen molar-refractivity contribution in [3.8, 4) is 0 Å². The van der Waals surface area contributed by atoms with Gasteiger partial charge in [-0.3, -0.25) is 0 Å². The SMILES string of the molecule is OC(COCC1CC2C=CC1C2)C(F)(F)F. The summed E-state index contributed by atoms with van der Waals surface area (Å²) < 4.78 is 40.8. The largest absolute Gasteiger partial charge is 0.416 e. The number of alkyl halides is 3. The molecule has 2 rings (SSSR count). The number of fused-ring (bicyclic) bond motifs is 2. The van der Waals surface area contributed by atoms with E-state index in [9.17, 15) is 13.2 Å². The summed E-state index contributed by atoms with van der Waals surface area (Å²) in [5, 5.41) is 8.73. The lowest BCUT2D eigenvalue weighted by molar-refractivity contribution is -0.218. The quantitative estimate of drug-likeness (QED) is 0.758. The monoisotopic (exact) mass is 236 g/mol. The summed E-state index contributed by atoms with van der Waals surface area (Å²) in [6.07, 6.45) is -0.524. The van der Waals surface area contributed by atoms with Crippen LogP contribution in [0.5, 0.6) is 0 Å². The number of rotatable bonds is 4. The van der Waals surface area contributed by atoms with Gasteiger partial charge in [0.2, 0.25) is 0 Å². The van der Waals surface area contributed by atoms with Crippen LogP contribution < -0.4 is 0 Å². The molecule has 2 nitrogen and oxygen atoms in total. The Morgan fingerprint density at radius 3 is 2.56 bits per heavy atom. The maximum Gasteiger partial charge on any atom is 0.416 e. The molecule has 1 fully saturated rings. The third-order valence-corrected chi connectivity index (χ3v) is 3.40. The number of halogens is 3. The summed E-state index contributed by atoms with van der Waals surface area (Å²) >= 11 is 0. The van der Waals surface area contributed by atoms with Crippen LogP contribution >= 0.6 is 0 Å². The highest BCUT2D eigenvalue weighted by Crippen LogP contribution is 2.43. The van der Waals surface area contributed by atoms with E-state index in [4.69, 9.17) is 9.84 Å². The first-order valence-electron chi connectivity index (χ1n) is 5.47. The third-order valence-electron chi connectivity index (χ3n) is 3.40. The molecule has 1 saturated carbocycles. The average Bonchev–Trinajstić information content (AvgIpc) is 2.77. The van der Waals surface area contributed by atoms with Crippen LogP contribution in [0.3, 0.4) is 0 Å². The topological polar surface area (TPSA) is 29.5 Å². The molecule has 0 heterocycles. The van der Waals surface area contributed by atoms with Crippen molar-refractivity contribution in [3.63, 3.8) is 0 Å². The zero-order valence-electron chi connectivity index (χ0n) is 8.78. The minimum absolute atomic E-state index is 0.318. The molecular weight excluding hydrogens is 221 g/mol. The second kappa shape index (κ2) is 4.37. The van der Waals surface area contributed by atoms with E-state index in [-0.39, 0.29) is 0 Å². The van der Waals surface area contributed by atoms with Crippen molar-refractivity contribution in [2.24, 2.45) is 17.8 Å². The minimum atomic E-state index is -4.57. The van der Waals surface area contributed by atoms with Crippen LogP contribution in [0.2, 0.25) is 0 Å². The number of hydrogen-bond acceptors (Lipinski definition) is 2. The highest BCUT2D eigenvalue weighted by Gasteiger charge is 2.39. The summed E-state index contributed by atoms with van der Waals surface area (Å²) in [5.41, 5.74) is 0. The molecule has 0 radical (unpaired) electrons. The van der Waals surface area contributed by atoms with Crippen molar-refractivity contribution in [2.45, 2.75) is 25.1 Å². The summed E-state index contributed by atoms with van der Waals surface area (Å²) in [5.74, 6) is 1.38. The van der Waals surface area contributed by atoms with Crippen molar-refractivity contribution in [1.82, 2.24) is 0 Å². The Morgan fingerprint density at radius 2 is 2.06 bits per heavy atom. The summed E-state index contributed by atoms with van der Waals surface area (Å²) in [4.78, 5) is 0. The lowest BCUT2D eigenvalue weighted by atomic mass is 9.95. The second-order valence-corrected chi connectivity index (χ2v) is 4.64. The van der Waals surface area contributed by atoms with E-state index < -0.39 is 18.9 Å². The van der Waals surface area contributed by atoms with Crippen LogP contribution in [-0.4, -0.2) is 30.6 Å². The lowest BCUT2D eigenvalue weighted by Gasteiger charge is -2.20. The normalized spacial score (nSPS) is 34.6. The zero-order valence-corrected chi connectivity index (χ0v) is 8.78. The summed E-state index contributed by atoms with van der Waals surface area (Å²) in [6, 6.07) is 0. The molecule has 2 aliphatic carbocycles. The van der Waals surface area contributed by atoms with Crippen LogP contribution in [-0.2, 0) is 4.74 Å². The van der Waals surface area contributed by atoms with Gasteiger partial charge in [0.05, 0.1) is 13.2 Å². The number of ether oxygens (including phenoxy) is 1. The molecule has 1 N–H and O–H groups in total.